The van der Waals surface area contributed by atoms with Gasteiger partial charge in [0, 0.05) is 38.2 Å². The average molecular weight is 241 g/mol. The zero-order valence-electron chi connectivity index (χ0n) is 10.9. The van der Waals surface area contributed by atoms with Crippen molar-refractivity contribution in [3.63, 3.8) is 0 Å². The number of benzene rings is 1. The van der Waals surface area contributed by atoms with Crippen molar-refractivity contribution in [3.05, 3.63) is 59.4 Å². The molecule has 0 saturated carbocycles. The first-order chi connectivity index (χ1) is 8.70. The number of nitrogens with two attached hydrogens (primary N) is 1. The van der Waals surface area contributed by atoms with Crippen molar-refractivity contribution in [1.82, 2.24) is 4.98 Å². The van der Waals surface area contributed by atoms with Crippen LogP contribution in [0.1, 0.15) is 16.7 Å². The molecular weight excluding hydrogens is 222 g/mol. The molecule has 0 aliphatic rings. The molecule has 0 atom stereocenters. The molecular formula is C15H19N3. The van der Waals surface area contributed by atoms with Crippen LogP contribution in [0.2, 0.25) is 0 Å². The maximum atomic E-state index is 5.65. The summed E-state index contributed by atoms with van der Waals surface area (Å²) in [6.07, 6.45) is 3.70. The van der Waals surface area contributed by atoms with E-state index in [9.17, 15) is 0 Å². The lowest BCUT2D eigenvalue weighted by Gasteiger charge is -2.22. The Bertz CT molecular complexity index is 508. The quantitative estimate of drug-likeness (QED) is 0.894. The second-order valence-electron chi connectivity index (χ2n) is 4.54. The summed E-state index contributed by atoms with van der Waals surface area (Å²) in [5.41, 5.74) is 10.5. The van der Waals surface area contributed by atoms with Crippen LogP contribution in [0.4, 0.5) is 5.69 Å². The smallest absolute Gasteiger partial charge is 0.0441 e. The molecule has 3 nitrogen and oxygen atoms in total. The molecule has 0 spiro atoms. The Labute approximate surface area is 108 Å². The molecule has 2 rings (SSSR count). The zero-order chi connectivity index (χ0) is 13.0. The van der Waals surface area contributed by atoms with Crippen molar-refractivity contribution in [3.8, 4) is 0 Å². The van der Waals surface area contributed by atoms with Gasteiger partial charge in [-0.3, -0.25) is 4.98 Å². The lowest BCUT2D eigenvalue weighted by atomic mass is 10.1. The van der Waals surface area contributed by atoms with E-state index in [4.69, 9.17) is 5.73 Å². The molecule has 1 aromatic heterocycles. The van der Waals surface area contributed by atoms with Gasteiger partial charge in [-0.15, -0.1) is 0 Å². The monoisotopic (exact) mass is 241 g/mol. The minimum atomic E-state index is 0.591. The van der Waals surface area contributed by atoms with E-state index in [-0.39, 0.29) is 0 Å². The van der Waals surface area contributed by atoms with Crippen LogP contribution in [0.3, 0.4) is 0 Å². The van der Waals surface area contributed by atoms with Crippen molar-refractivity contribution in [2.24, 2.45) is 5.73 Å². The van der Waals surface area contributed by atoms with Crippen LogP contribution in [-0.4, -0.2) is 12.0 Å². The van der Waals surface area contributed by atoms with Gasteiger partial charge in [-0.25, -0.2) is 0 Å². The van der Waals surface area contributed by atoms with Crippen molar-refractivity contribution in [2.45, 2.75) is 20.0 Å². The van der Waals surface area contributed by atoms with Crippen LogP contribution in [0.15, 0.2) is 42.7 Å². The van der Waals surface area contributed by atoms with Crippen molar-refractivity contribution in [2.75, 3.05) is 11.9 Å². The molecule has 0 radical (unpaired) electrons. The average Bonchev–Trinajstić information content (AvgIpc) is 2.39. The minimum Gasteiger partial charge on any atom is -0.370 e. The molecule has 1 aromatic carbocycles. The molecule has 18 heavy (non-hydrogen) atoms. The lowest BCUT2D eigenvalue weighted by molar-refractivity contribution is 0.908. The summed E-state index contributed by atoms with van der Waals surface area (Å²) in [6.45, 7) is 3.57. The predicted molar refractivity (Wildman–Crippen MR) is 75.4 cm³/mol. The topological polar surface area (TPSA) is 42.1 Å². The van der Waals surface area contributed by atoms with Gasteiger partial charge in [-0.2, -0.15) is 0 Å². The molecule has 0 amide bonds. The summed E-state index contributed by atoms with van der Waals surface area (Å²) in [6, 6.07) is 10.4. The van der Waals surface area contributed by atoms with E-state index in [0.29, 0.717) is 6.54 Å². The normalized spacial score (nSPS) is 10.4. The molecule has 94 valence electrons. The van der Waals surface area contributed by atoms with Gasteiger partial charge in [0.25, 0.3) is 0 Å². The Hall–Kier alpha value is -1.87. The first kappa shape index (κ1) is 12.6. The molecule has 0 unspecified atom stereocenters. The Morgan fingerprint density at radius 1 is 1.22 bits per heavy atom. The first-order valence-corrected chi connectivity index (χ1v) is 6.10. The van der Waals surface area contributed by atoms with E-state index in [2.05, 4.69) is 48.1 Å². The Morgan fingerprint density at radius 2 is 2.06 bits per heavy atom. The number of hydrogen-bond acceptors (Lipinski definition) is 3. The third-order valence-electron chi connectivity index (χ3n) is 3.05. The van der Waals surface area contributed by atoms with Gasteiger partial charge in [0.05, 0.1) is 0 Å². The van der Waals surface area contributed by atoms with Crippen LogP contribution < -0.4 is 10.6 Å². The van der Waals surface area contributed by atoms with Gasteiger partial charge >= 0.3 is 0 Å². The highest BCUT2D eigenvalue weighted by Gasteiger charge is 2.06. The third-order valence-corrected chi connectivity index (χ3v) is 3.05. The summed E-state index contributed by atoms with van der Waals surface area (Å²) in [7, 11) is 2.09. The number of pyridine rings is 1. The SMILES string of the molecule is Cc1cc(CN)ccc1N(C)Cc1cccnc1. The largest absolute Gasteiger partial charge is 0.370 e. The number of aryl methyl sites for hydroxylation is 1. The zero-order valence-corrected chi connectivity index (χ0v) is 10.9. The Kier molecular flexibility index (Phi) is 3.95. The van der Waals surface area contributed by atoms with Crippen molar-refractivity contribution < 1.29 is 0 Å². The van der Waals surface area contributed by atoms with Crippen LogP contribution in [0.5, 0.6) is 0 Å². The molecule has 3 heteroatoms. The summed E-state index contributed by atoms with van der Waals surface area (Å²) in [5.74, 6) is 0. The number of aromatic nitrogens is 1. The van der Waals surface area contributed by atoms with Gasteiger partial charge in [-0.05, 0) is 35.7 Å². The van der Waals surface area contributed by atoms with E-state index in [0.717, 1.165) is 6.54 Å². The lowest BCUT2D eigenvalue weighted by Crippen LogP contribution is -2.17. The highest BCUT2D eigenvalue weighted by molar-refractivity contribution is 5.54. The van der Waals surface area contributed by atoms with E-state index >= 15 is 0 Å². The predicted octanol–water partition coefficient (Wildman–Crippen LogP) is 2.49. The van der Waals surface area contributed by atoms with Gasteiger partial charge in [0.15, 0.2) is 0 Å². The molecule has 1 heterocycles. The second kappa shape index (κ2) is 5.65. The number of nitrogens with zero attached hydrogens (tertiary/aromatic N) is 2. The number of hydrogen-bond donors (Lipinski definition) is 1. The summed E-state index contributed by atoms with van der Waals surface area (Å²) < 4.78 is 0. The Morgan fingerprint density at radius 3 is 2.67 bits per heavy atom. The van der Waals surface area contributed by atoms with Crippen LogP contribution >= 0.6 is 0 Å². The molecule has 2 N–H and O–H groups in total. The Balaban J connectivity index is 2.16. The number of rotatable bonds is 4. The fourth-order valence-electron chi connectivity index (χ4n) is 2.12. The summed E-state index contributed by atoms with van der Waals surface area (Å²) in [4.78, 5) is 6.37. The fraction of sp³-hybridized carbons (Fsp3) is 0.267. The summed E-state index contributed by atoms with van der Waals surface area (Å²) in [5, 5.41) is 0. The van der Waals surface area contributed by atoms with Crippen LogP contribution in [0, 0.1) is 6.92 Å². The van der Waals surface area contributed by atoms with E-state index in [1.165, 1.54) is 22.4 Å². The van der Waals surface area contributed by atoms with Gasteiger partial charge < -0.3 is 10.6 Å². The molecule has 0 aliphatic heterocycles. The van der Waals surface area contributed by atoms with Gasteiger partial charge in [-0.1, -0.05) is 18.2 Å². The highest BCUT2D eigenvalue weighted by atomic mass is 15.1. The van der Waals surface area contributed by atoms with Gasteiger partial charge in [0.1, 0.15) is 0 Å². The molecule has 2 aromatic rings. The summed E-state index contributed by atoms with van der Waals surface area (Å²) >= 11 is 0. The third kappa shape index (κ3) is 2.87. The fourth-order valence-corrected chi connectivity index (χ4v) is 2.12. The number of anilines is 1. The van der Waals surface area contributed by atoms with Crippen LogP contribution in [0.25, 0.3) is 0 Å². The standard InChI is InChI=1S/C15H19N3/c1-12-8-13(9-16)5-6-15(12)18(2)11-14-4-3-7-17-10-14/h3-8,10H,9,11,16H2,1-2H3. The molecule has 0 saturated heterocycles. The maximum absolute atomic E-state index is 5.65. The second-order valence-corrected chi connectivity index (χ2v) is 4.54. The molecule has 0 aliphatic carbocycles. The van der Waals surface area contributed by atoms with Crippen molar-refractivity contribution in [1.29, 1.82) is 0 Å². The highest BCUT2D eigenvalue weighted by Crippen LogP contribution is 2.21. The van der Waals surface area contributed by atoms with Crippen LogP contribution in [-0.2, 0) is 13.1 Å². The molecule has 0 fully saturated rings. The van der Waals surface area contributed by atoms with E-state index in [1.807, 2.05) is 12.3 Å². The van der Waals surface area contributed by atoms with Gasteiger partial charge in [0.2, 0.25) is 0 Å². The maximum Gasteiger partial charge on any atom is 0.0441 e. The van der Waals surface area contributed by atoms with E-state index < -0.39 is 0 Å². The molecule has 0 bridgehead atoms. The van der Waals surface area contributed by atoms with Crippen molar-refractivity contribution >= 4 is 5.69 Å². The minimum absolute atomic E-state index is 0.591. The first-order valence-electron chi connectivity index (χ1n) is 6.10. The van der Waals surface area contributed by atoms with E-state index in [1.54, 1.807) is 6.20 Å².